The second-order valence-corrected chi connectivity index (χ2v) is 13.1. The molecule has 220 valence electrons. The molecule has 0 aliphatic rings. The van der Waals surface area contributed by atoms with E-state index >= 15 is 0 Å². The van der Waals surface area contributed by atoms with Gasteiger partial charge >= 0.3 is 0 Å². The first kappa shape index (κ1) is 32.2. The van der Waals surface area contributed by atoms with Crippen LogP contribution in [0.1, 0.15) is 40.2 Å². The molecule has 11 heteroatoms. The fourth-order valence-corrected chi connectivity index (χ4v) is 5.97. The number of rotatable bonds is 11. The number of hydrogen-bond acceptors (Lipinski definition) is 5. The predicted octanol–water partition coefficient (Wildman–Crippen LogP) is 5.92. The first-order valence-electron chi connectivity index (χ1n) is 13.1. The molecule has 0 aliphatic heterocycles. The summed E-state index contributed by atoms with van der Waals surface area (Å²) in [5.74, 6) is -0.499. The number of ether oxygens (including phenoxy) is 1. The van der Waals surface area contributed by atoms with Crippen LogP contribution in [0.2, 0.25) is 10.0 Å². The molecule has 0 bridgehead atoms. The number of nitrogens with zero attached hydrogens (tertiary/aromatic N) is 2. The minimum atomic E-state index is -4.20. The van der Waals surface area contributed by atoms with E-state index in [2.05, 4.69) is 5.32 Å². The standard InChI is InChI=1S/C30H35Cl2N3O5S/c1-6-40-23-15-17-24(18-16-23)41(38,39)35(22-11-8-7-9-12-22)20-28(36)34(21(2)29(37)33-30(3,4)5)19-25-26(31)13-10-14-27(25)32/h7-18,21H,6,19-20H2,1-5H3,(H,33,37)/t21-/m1/s1. The van der Waals surface area contributed by atoms with Gasteiger partial charge in [-0.2, -0.15) is 0 Å². The molecule has 0 heterocycles. The summed E-state index contributed by atoms with van der Waals surface area (Å²) >= 11 is 12.8. The van der Waals surface area contributed by atoms with Gasteiger partial charge in [-0.25, -0.2) is 8.42 Å². The normalized spacial score (nSPS) is 12.4. The van der Waals surface area contributed by atoms with E-state index in [1.807, 2.05) is 27.7 Å². The lowest BCUT2D eigenvalue weighted by Gasteiger charge is -2.33. The smallest absolute Gasteiger partial charge is 0.264 e. The van der Waals surface area contributed by atoms with E-state index in [-0.39, 0.29) is 17.1 Å². The highest BCUT2D eigenvalue weighted by Crippen LogP contribution is 2.29. The Labute approximate surface area is 252 Å². The molecule has 41 heavy (non-hydrogen) atoms. The van der Waals surface area contributed by atoms with Crippen LogP contribution in [0.15, 0.2) is 77.7 Å². The Morgan fingerprint density at radius 2 is 1.51 bits per heavy atom. The fourth-order valence-electron chi connectivity index (χ4n) is 4.04. The third-order valence-corrected chi connectivity index (χ3v) is 8.60. The van der Waals surface area contributed by atoms with E-state index in [1.54, 1.807) is 67.6 Å². The third kappa shape index (κ3) is 8.38. The maximum Gasteiger partial charge on any atom is 0.264 e. The lowest BCUT2D eigenvalue weighted by atomic mass is 10.1. The maximum absolute atomic E-state index is 14.0. The van der Waals surface area contributed by atoms with E-state index in [0.717, 1.165) is 4.31 Å². The molecule has 3 aromatic carbocycles. The predicted molar refractivity (Wildman–Crippen MR) is 163 cm³/mol. The molecular formula is C30H35Cl2N3O5S. The van der Waals surface area contributed by atoms with E-state index in [9.17, 15) is 18.0 Å². The summed E-state index contributed by atoms with van der Waals surface area (Å²) < 4.78 is 34.3. The van der Waals surface area contributed by atoms with Crippen LogP contribution in [-0.2, 0) is 26.2 Å². The van der Waals surface area contributed by atoms with Crippen molar-refractivity contribution >= 4 is 50.7 Å². The number of carbonyl (C=O) groups excluding carboxylic acids is 2. The summed E-state index contributed by atoms with van der Waals surface area (Å²) in [5.41, 5.74) is 0.173. The van der Waals surface area contributed by atoms with Crippen molar-refractivity contribution in [3.05, 3.63) is 88.4 Å². The van der Waals surface area contributed by atoms with Crippen LogP contribution in [0.3, 0.4) is 0 Å². The van der Waals surface area contributed by atoms with Crippen LogP contribution in [0.25, 0.3) is 0 Å². The van der Waals surface area contributed by atoms with Gasteiger partial charge in [-0.15, -0.1) is 0 Å². The number of sulfonamides is 1. The molecule has 3 rings (SSSR count). The minimum Gasteiger partial charge on any atom is -0.494 e. The van der Waals surface area contributed by atoms with E-state index < -0.39 is 40.0 Å². The van der Waals surface area contributed by atoms with Gasteiger partial charge in [0.25, 0.3) is 10.0 Å². The molecule has 1 atom stereocenters. The number of para-hydroxylation sites is 1. The highest BCUT2D eigenvalue weighted by atomic mass is 35.5. The van der Waals surface area contributed by atoms with Crippen molar-refractivity contribution < 1.29 is 22.7 Å². The van der Waals surface area contributed by atoms with Crippen molar-refractivity contribution in [2.45, 2.75) is 57.6 Å². The van der Waals surface area contributed by atoms with Crippen LogP contribution in [0, 0.1) is 0 Å². The Balaban J connectivity index is 2.04. The van der Waals surface area contributed by atoms with Crippen molar-refractivity contribution in [1.82, 2.24) is 10.2 Å². The van der Waals surface area contributed by atoms with E-state index in [1.165, 1.54) is 17.0 Å². The number of anilines is 1. The molecule has 0 fully saturated rings. The molecule has 0 unspecified atom stereocenters. The van der Waals surface area contributed by atoms with Crippen LogP contribution in [-0.4, -0.2) is 49.9 Å². The lowest BCUT2D eigenvalue weighted by molar-refractivity contribution is -0.140. The number of amides is 2. The zero-order chi connectivity index (χ0) is 30.4. The SMILES string of the molecule is CCOc1ccc(S(=O)(=O)N(CC(=O)N(Cc2c(Cl)cccc2Cl)[C@H](C)C(=O)NC(C)(C)C)c2ccccc2)cc1. The zero-order valence-electron chi connectivity index (χ0n) is 23.7. The monoisotopic (exact) mass is 619 g/mol. The van der Waals surface area contributed by atoms with Gasteiger partial charge in [0.15, 0.2) is 0 Å². The largest absolute Gasteiger partial charge is 0.494 e. The third-order valence-electron chi connectivity index (χ3n) is 6.10. The summed E-state index contributed by atoms with van der Waals surface area (Å²) in [6.45, 7) is 8.65. The molecule has 0 saturated carbocycles. The van der Waals surface area contributed by atoms with E-state index in [0.29, 0.717) is 28.0 Å². The van der Waals surface area contributed by atoms with Gasteiger partial charge < -0.3 is 15.0 Å². The second-order valence-electron chi connectivity index (χ2n) is 10.4. The van der Waals surface area contributed by atoms with Gasteiger partial charge in [0, 0.05) is 27.7 Å². The van der Waals surface area contributed by atoms with Gasteiger partial charge in [-0.05, 0) is 83.1 Å². The molecular weight excluding hydrogens is 585 g/mol. The van der Waals surface area contributed by atoms with E-state index in [4.69, 9.17) is 27.9 Å². The van der Waals surface area contributed by atoms with Crippen molar-refractivity contribution in [1.29, 1.82) is 0 Å². The number of benzene rings is 3. The molecule has 8 nitrogen and oxygen atoms in total. The molecule has 0 aromatic heterocycles. The van der Waals surface area contributed by atoms with Crippen LogP contribution in [0.4, 0.5) is 5.69 Å². The molecule has 2 amide bonds. The topological polar surface area (TPSA) is 96.0 Å². The first-order valence-corrected chi connectivity index (χ1v) is 15.3. The minimum absolute atomic E-state index is 0.0168. The van der Waals surface area contributed by atoms with Crippen molar-refractivity contribution in [3.63, 3.8) is 0 Å². The Kier molecular flexibility index (Phi) is 10.7. The molecule has 0 radical (unpaired) electrons. The highest BCUT2D eigenvalue weighted by Gasteiger charge is 2.34. The average Bonchev–Trinajstić information content (AvgIpc) is 2.91. The van der Waals surface area contributed by atoms with Crippen molar-refractivity contribution in [2.24, 2.45) is 0 Å². The molecule has 0 spiro atoms. The van der Waals surface area contributed by atoms with Gasteiger partial charge in [0.2, 0.25) is 11.8 Å². The summed E-state index contributed by atoms with van der Waals surface area (Å²) in [6.07, 6.45) is 0. The quantitative estimate of drug-likeness (QED) is 0.287. The highest BCUT2D eigenvalue weighted by molar-refractivity contribution is 7.92. The van der Waals surface area contributed by atoms with Crippen LogP contribution >= 0.6 is 23.2 Å². The Morgan fingerprint density at radius 3 is 2.05 bits per heavy atom. The molecule has 1 N–H and O–H groups in total. The fraction of sp³-hybridized carbons (Fsp3) is 0.333. The summed E-state index contributed by atoms with van der Waals surface area (Å²) in [6, 6.07) is 18.3. The zero-order valence-corrected chi connectivity index (χ0v) is 26.1. The van der Waals surface area contributed by atoms with Crippen LogP contribution in [0.5, 0.6) is 5.75 Å². The van der Waals surface area contributed by atoms with Gasteiger partial charge in [-0.3, -0.25) is 13.9 Å². The second kappa shape index (κ2) is 13.6. The summed E-state index contributed by atoms with van der Waals surface area (Å²) in [4.78, 5) is 28.5. The Bertz CT molecular complexity index is 1440. The van der Waals surface area contributed by atoms with Gasteiger partial charge in [0.05, 0.1) is 17.2 Å². The summed E-state index contributed by atoms with van der Waals surface area (Å²) in [5, 5.41) is 3.52. The van der Waals surface area contributed by atoms with Gasteiger partial charge in [0.1, 0.15) is 18.3 Å². The molecule has 0 aliphatic carbocycles. The van der Waals surface area contributed by atoms with Gasteiger partial charge in [-0.1, -0.05) is 47.5 Å². The number of halogens is 2. The lowest BCUT2D eigenvalue weighted by Crippen LogP contribution is -2.54. The average molecular weight is 621 g/mol. The Morgan fingerprint density at radius 1 is 0.927 bits per heavy atom. The number of nitrogens with one attached hydrogen (secondary N) is 1. The Hall–Kier alpha value is -3.27. The molecule has 3 aromatic rings. The molecule has 0 saturated heterocycles. The maximum atomic E-state index is 14.0. The first-order chi connectivity index (χ1) is 19.2. The number of hydrogen-bond donors (Lipinski definition) is 1. The summed E-state index contributed by atoms with van der Waals surface area (Å²) in [7, 11) is -4.20. The van der Waals surface area contributed by atoms with Crippen LogP contribution < -0.4 is 14.4 Å². The van der Waals surface area contributed by atoms with Crippen molar-refractivity contribution in [3.8, 4) is 5.75 Å². The van der Waals surface area contributed by atoms with Crippen molar-refractivity contribution in [2.75, 3.05) is 17.5 Å². The number of carbonyl (C=O) groups is 2.